The molecule has 0 aliphatic carbocycles. The lowest BCUT2D eigenvalue weighted by molar-refractivity contribution is 0.955. The zero-order valence-corrected chi connectivity index (χ0v) is 12.3. The smallest absolute Gasteiger partial charge is 0.215 e. The van der Waals surface area contributed by atoms with E-state index in [0.29, 0.717) is 16.7 Å². The Morgan fingerprint density at radius 1 is 1.29 bits per heavy atom. The minimum absolute atomic E-state index is 0.0650. The second-order valence-corrected chi connectivity index (χ2v) is 4.19. The Morgan fingerprint density at radius 2 is 1.95 bits per heavy atom. The minimum Gasteiger partial charge on any atom is -0.329 e. The summed E-state index contributed by atoms with van der Waals surface area (Å²) in [6.45, 7) is 1.80. The van der Waals surface area contributed by atoms with Gasteiger partial charge in [-0.25, -0.2) is 5.43 Å². The van der Waals surface area contributed by atoms with Crippen molar-refractivity contribution < 1.29 is 0 Å². The van der Waals surface area contributed by atoms with Crippen molar-refractivity contribution in [3.05, 3.63) is 46.6 Å². The molecule has 21 heavy (non-hydrogen) atoms. The van der Waals surface area contributed by atoms with E-state index in [1.54, 1.807) is 32.2 Å². The van der Waals surface area contributed by atoms with Crippen LogP contribution in [0.4, 0.5) is 0 Å². The molecule has 0 saturated heterocycles. The van der Waals surface area contributed by atoms with Crippen molar-refractivity contribution in [2.24, 2.45) is 10.1 Å². The third-order valence-electron chi connectivity index (χ3n) is 2.41. The summed E-state index contributed by atoms with van der Waals surface area (Å²) in [4.78, 5) is 3.91. The SMILES string of the molecule is CN=C(NC=C(C#N)C#N)N/N=C(\C)c1ccccc1Cl. The first-order valence-electron chi connectivity index (χ1n) is 5.91. The maximum atomic E-state index is 8.63. The van der Waals surface area contributed by atoms with Crippen LogP contribution in [-0.2, 0) is 0 Å². The topological polar surface area (TPSA) is 96.4 Å². The predicted molar refractivity (Wildman–Crippen MR) is 82.6 cm³/mol. The average molecular weight is 301 g/mol. The highest BCUT2D eigenvalue weighted by atomic mass is 35.5. The number of guanidine groups is 1. The first kappa shape index (κ1) is 16.2. The van der Waals surface area contributed by atoms with E-state index in [-0.39, 0.29) is 5.57 Å². The summed E-state index contributed by atoms with van der Waals surface area (Å²) in [7, 11) is 1.54. The van der Waals surface area contributed by atoms with Gasteiger partial charge < -0.3 is 5.32 Å². The lowest BCUT2D eigenvalue weighted by Crippen LogP contribution is -2.31. The summed E-state index contributed by atoms with van der Waals surface area (Å²) in [6.07, 6.45) is 1.25. The average Bonchev–Trinajstić information content (AvgIpc) is 2.51. The molecule has 0 bridgehead atoms. The molecular weight excluding hydrogens is 288 g/mol. The first-order chi connectivity index (χ1) is 10.1. The third kappa shape index (κ3) is 4.98. The van der Waals surface area contributed by atoms with Gasteiger partial charge in [-0.3, -0.25) is 4.99 Å². The van der Waals surface area contributed by atoms with Crippen LogP contribution < -0.4 is 10.7 Å². The molecule has 6 nitrogen and oxygen atoms in total. The van der Waals surface area contributed by atoms with Gasteiger partial charge in [0.1, 0.15) is 17.7 Å². The molecular formula is C14H13ClN6. The summed E-state index contributed by atoms with van der Waals surface area (Å²) in [5.74, 6) is 0.296. The Bertz CT molecular complexity index is 659. The van der Waals surface area contributed by atoms with Gasteiger partial charge in [0.2, 0.25) is 5.96 Å². The molecule has 0 radical (unpaired) electrons. The number of hydrazone groups is 1. The molecule has 0 aromatic heterocycles. The first-order valence-corrected chi connectivity index (χ1v) is 6.29. The monoisotopic (exact) mass is 300 g/mol. The normalized spacial score (nSPS) is 11.1. The molecule has 0 aliphatic heterocycles. The number of rotatable bonds is 3. The molecule has 0 spiro atoms. The lowest BCUT2D eigenvalue weighted by Gasteiger charge is -2.07. The number of halogens is 1. The van der Waals surface area contributed by atoms with Gasteiger partial charge in [0.05, 0.1) is 5.71 Å². The lowest BCUT2D eigenvalue weighted by atomic mass is 10.1. The van der Waals surface area contributed by atoms with Crippen LogP contribution in [0.5, 0.6) is 0 Å². The van der Waals surface area contributed by atoms with Crippen molar-refractivity contribution in [1.82, 2.24) is 10.7 Å². The van der Waals surface area contributed by atoms with Crippen molar-refractivity contribution in [3.63, 3.8) is 0 Å². The van der Waals surface area contributed by atoms with Crippen LogP contribution in [0.1, 0.15) is 12.5 Å². The zero-order chi connectivity index (χ0) is 15.7. The number of hydrogen-bond donors (Lipinski definition) is 2. The van der Waals surface area contributed by atoms with E-state index in [1.165, 1.54) is 6.20 Å². The van der Waals surface area contributed by atoms with E-state index in [9.17, 15) is 0 Å². The maximum Gasteiger partial charge on any atom is 0.215 e. The number of benzene rings is 1. The fraction of sp³-hybridized carbons (Fsp3) is 0.143. The Hall–Kier alpha value is -2.83. The van der Waals surface area contributed by atoms with Gasteiger partial charge in [-0.15, -0.1) is 0 Å². The third-order valence-corrected chi connectivity index (χ3v) is 2.74. The molecule has 0 saturated carbocycles. The van der Waals surface area contributed by atoms with E-state index in [1.807, 2.05) is 18.2 Å². The number of nitrogens with zero attached hydrogens (tertiary/aromatic N) is 4. The van der Waals surface area contributed by atoms with Gasteiger partial charge in [0.25, 0.3) is 0 Å². The Balaban J connectivity index is 2.79. The van der Waals surface area contributed by atoms with Crippen LogP contribution in [0.15, 0.2) is 46.1 Å². The number of aliphatic imine (C=N–C) groups is 1. The van der Waals surface area contributed by atoms with E-state index in [0.717, 1.165) is 5.56 Å². The highest BCUT2D eigenvalue weighted by molar-refractivity contribution is 6.34. The quantitative estimate of drug-likeness (QED) is 0.387. The largest absolute Gasteiger partial charge is 0.329 e. The molecule has 1 aromatic carbocycles. The molecule has 0 aliphatic rings. The Labute approximate surface area is 128 Å². The molecule has 2 N–H and O–H groups in total. The minimum atomic E-state index is -0.0650. The van der Waals surface area contributed by atoms with Crippen molar-refractivity contribution in [2.75, 3.05) is 7.05 Å². The molecule has 0 unspecified atom stereocenters. The fourth-order valence-corrected chi connectivity index (χ4v) is 1.60. The summed E-state index contributed by atoms with van der Waals surface area (Å²) < 4.78 is 0. The molecule has 7 heteroatoms. The van der Waals surface area contributed by atoms with Crippen LogP contribution >= 0.6 is 11.6 Å². The van der Waals surface area contributed by atoms with Crippen molar-refractivity contribution >= 4 is 23.3 Å². The van der Waals surface area contributed by atoms with Crippen LogP contribution in [-0.4, -0.2) is 18.7 Å². The van der Waals surface area contributed by atoms with E-state index in [4.69, 9.17) is 22.1 Å². The van der Waals surface area contributed by atoms with Crippen molar-refractivity contribution in [3.8, 4) is 12.1 Å². The van der Waals surface area contributed by atoms with Gasteiger partial charge in [-0.1, -0.05) is 29.8 Å². The summed E-state index contributed by atoms with van der Waals surface area (Å²) in [5.41, 5.74) is 4.11. The molecule has 0 fully saturated rings. The number of hydrogen-bond acceptors (Lipinski definition) is 4. The predicted octanol–water partition coefficient (Wildman–Crippen LogP) is 2.16. The number of nitriles is 2. The van der Waals surface area contributed by atoms with E-state index >= 15 is 0 Å². The Morgan fingerprint density at radius 3 is 2.52 bits per heavy atom. The van der Waals surface area contributed by atoms with Crippen LogP contribution in [0.2, 0.25) is 5.02 Å². The molecule has 0 amide bonds. The number of nitrogens with one attached hydrogen (secondary N) is 2. The summed E-state index contributed by atoms with van der Waals surface area (Å²) >= 11 is 6.07. The highest BCUT2D eigenvalue weighted by Crippen LogP contribution is 2.15. The fourth-order valence-electron chi connectivity index (χ4n) is 1.33. The van der Waals surface area contributed by atoms with Crippen LogP contribution in [0, 0.1) is 22.7 Å². The van der Waals surface area contributed by atoms with E-state index < -0.39 is 0 Å². The molecule has 106 valence electrons. The van der Waals surface area contributed by atoms with E-state index in [2.05, 4.69) is 20.8 Å². The van der Waals surface area contributed by atoms with Gasteiger partial charge in [-0.2, -0.15) is 15.6 Å². The highest BCUT2D eigenvalue weighted by Gasteiger charge is 2.03. The standard InChI is InChI=1S/C14H13ClN6/c1-10(12-5-3-4-6-13(12)15)20-21-14(18-2)19-9-11(7-16)8-17/h3-6,9H,1-2H3,(H2,18,19,21)/b20-10+. The molecule has 0 atom stereocenters. The second-order valence-electron chi connectivity index (χ2n) is 3.79. The van der Waals surface area contributed by atoms with Gasteiger partial charge >= 0.3 is 0 Å². The maximum absolute atomic E-state index is 8.63. The van der Waals surface area contributed by atoms with Gasteiger partial charge in [-0.05, 0) is 13.0 Å². The Kier molecular flexibility index (Phi) is 6.46. The molecule has 0 heterocycles. The summed E-state index contributed by atoms with van der Waals surface area (Å²) in [6, 6.07) is 10.8. The molecule has 1 aromatic rings. The van der Waals surface area contributed by atoms with Crippen LogP contribution in [0.3, 0.4) is 0 Å². The molecule has 1 rings (SSSR count). The van der Waals surface area contributed by atoms with Gasteiger partial charge in [0, 0.05) is 23.8 Å². The second kappa shape index (κ2) is 8.36. The van der Waals surface area contributed by atoms with Crippen molar-refractivity contribution in [1.29, 1.82) is 10.5 Å². The van der Waals surface area contributed by atoms with Crippen LogP contribution in [0.25, 0.3) is 0 Å². The van der Waals surface area contributed by atoms with Crippen molar-refractivity contribution in [2.45, 2.75) is 6.92 Å². The van der Waals surface area contributed by atoms with Gasteiger partial charge in [0.15, 0.2) is 0 Å². The number of allylic oxidation sites excluding steroid dienone is 1. The summed E-state index contributed by atoms with van der Waals surface area (Å²) in [5, 5.41) is 24.7. The zero-order valence-electron chi connectivity index (χ0n) is 11.6.